The highest BCUT2D eigenvalue weighted by Gasteiger charge is 2.11. The van der Waals surface area contributed by atoms with Crippen molar-refractivity contribution in [3.8, 4) is 10.4 Å². The molecule has 0 saturated heterocycles. The van der Waals surface area contributed by atoms with Gasteiger partial charge >= 0.3 is 5.63 Å². The summed E-state index contributed by atoms with van der Waals surface area (Å²) in [6, 6.07) is 16.6. The van der Waals surface area contributed by atoms with Gasteiger partial charge in [-0.05, 0) is 29.8 Å². The first-order valence-electron chi connectivity index (χ1n) is 7.73. The molecule has 0 unspecified atom stereocenters. The molecule has 0 radical (unpaired) electrons. The third-order valence-corrected chi connectivity index (χ3v) is 4.81. The average Bonchev–Trinajstić information content (AvgIpc) is 3.10. The molecule has 2 aromatic heterocycles. The van der Waals surface area contributed by atoms with Gasteiger partial charge in [0.2, 0.25) is 5.13 Å². The van der Waals surface area contributed by atoms with Crippen LogP contribution < -0.4 is 11.1 Å². The molecule has 0 atom stereocenters. The lowest BCUT2D eigenvalue weighted by Gasteiger charge is -1.99. The Kier molecular flexibility index (Phi) is 4.51. The highest BCUT2D eigenvalue weighted by atomic mass is 35.5. The van der Waals surface area contributed by atoms with E-state index >= 15 is 0 Å². The van der Waals surface area contributed by atoms with Gasteiger partial charge in [0.05, 0.1) is 16.7 Å². The molecule has 5 nitrogen and oxygen atoms in total. The van der Waals surface area contributed by atoms with Gasteiger partial charge in [0.15, 0.2) is 0 Å². The van der Waals surface area contributed by atoms with E-state index in [0.29, 0.717) is 26.2 Å². The average molecular weight is 382 g/mol. The van der Waals surface area contributed by atoms with Crippen LogP contribution >= 0.6 is 22.9 Å². The lowest BCUT2D eigenvalue weighted by Crippen LogP contribution is -2.01. The lowest BCUT2D eigenvalue weighted by atomic mass is 10.2. The molecule has 128 valence electrons. The molecule has 2 heterocycles. The van der Waals surface area contributed by atoms with E-state index in [2.05, 4.69) is 15.5 Å². The highest BCUT2D eigenvalue weighted by Crippen LogP contribution is 2.28. The smallest absolute Gasteiger partial charge is 0.345 e. The SMILES string of the molecule is O=c1oc2ccccc2cc1-c1cnc(NN=Cc2cccc(Cl)c2)s1. The highest BCUT2D eigenvalue weighted by molar-refractivity contribution is 7.18. The van der Waals surface area contributed by atoms with Crippen LogP contribution in [0.15, 0.2) is 75.1 Å². The van der Waals surface area contributed by atoms with Crippen molar-refractivity contribution < 1.29 is 4.42 Å². The first kappa shape index (κ1) is 16.5. The number of benzene rings is 2. The Morgan fingerprint density at radius 1 is 1.15 bits per heavy atom. The lowest BCUT2D eigenvalue weighted by molar-refractivity contribution is 0.563. The van der Waals surface area contributed by atoms with Crippen molar-refractivity contribution in [2.24, 2.45) is 5.10 Å². The second-order valence-electron chi connectivity index (χ2n) is 5.44. The minimum absolute atomic E-state index is 0.388. The van der Waals surface area contributed by atoms with Gasteiger partial charge in [0, 0.05) is 16.6 Å². The number of halogens is 1. The van der Waals surface area contributed by atoms with E-state index in [1.165, 1.54) is 11.3 Å². The molecule has 0 aliphatic carbocycles. The molecular weight excluding hydrogens is 370 g/mol. The normalized spacial score (nSPS) is 11.3. The quantitative estimate of drug-likeness (QED) is 0.306. The number of nitrogens with zero attached hydrogens (tertiary/aromatic N) is 2. The molecule has 1 N–H and O–H groups in total. The molecular formula is C19H12ClN3O2S. The largest absolute Gasteiger partial charge is 0.422 e. The second-order valence-corrected chi connectivity index (χ2v) is 6.91. The molecule has 0 bridgehead atoms. The molecule has 4 rings (SSSR count). The summed E-state index contributed by atoms with van der Waals surface area (Å²) in [5.41, 5.74) is 4.39. The van der Waals surface area contributed by atoms with Crippen LogP contribution in [-0.2, 0) is 0 Å². The van der Waals surface area contributed by atoms with E-state index in [4.69, 9.17) is 16.0 Å². The van der Waals surface area contributed by atoms with Crippen molar-refractivity contribution in [3.05, 3.63) is 81.8 Å². The van der Waals surface area contributed by atoms with E-state index in [1.54, 1.807) is 30.6 Å². The Morgan fingerprint density at radius 2 is 2.04 bits per heavy atom. The van der Waals surface area contributed by atoms with Gasteiger partial charge < -0.3 is 4.42 Å². The molecule has 26 heavy (non-hydrogen) atoms. The van der Waals surface area contributed by atoms with Crippen molar-refractivity contribution in [3.63, 3.8) is 0 Å². The second kappa shape index (κ2) is 7.11. The zero-order valence-electron chi connectivity index (χ0n) is 13.3. The minimum Gasteiger partial charge on any atom is -0.422 e. The summed E-state index contributed by atoms with van der Waals surface area (Å²) in [5.74, 6) is 0. The monoisotopic (exact) mass is 381 g/mol. The third kappa shape index (κ3) is 3.51. The first-order valence-corrected chi connectivity index (χ1v) is 8.92. The van der Waals surface area contributed by atoms with Crippen molar-refractivity contribution in [1.29, 1.82) is 0 Å². The molecule has 0 aliphatic rings. The summed E-state index contributed by atoms with van der Waals surface area (Å²) in [7, 11) is 0. The predicted molar refractivity (Wildman–Crippen MR) is 106 cm³/mol. The number of rotatable bonds is 4. The van der Waals surface area contributed by atoms with Crippen LogP contribution in [0.1, 0.15) is 5.56 Å². The summed E-state index contributed by atoms with van der Waals surface area (Å²) in [6.45, 7) is 0. The zero-order valence-corrected chi connectivity index (χ0v) is 14.9. The van der Waals surface area contributed by atoms with E-state index in [9.17, 15) is 4.79 Å². The van der Waals surface area contributed by atoms with Crippen molar-refractivity contribution in [1.82, 2.24) is 4.98 Å². The van der Waals surface area contributed by atoms with Crippen LogP contribution in [0.4, 0.5) is 5.13 Å². The van der Waals surface area contributed by atoms with Gasteiger partial charge in [0.25, 0.3) is 0 Å². The number of fused-ring (bicyclic) bond motifs is 1. The third-order valence-electron chi connectivity index (χ3n) is 3.64. The Bertz CT molecular complexity index is 1170. The summed E-state index contributed by atoms with van der Waals surface area (Å²) < 4.78 is 5.37. The molecule has 4 aromatic rings. The Labute approximate surface area is 157 Å². The number of hydrogen-bond donors (Lipinski definition) is 1. The standard InChI is InChI=1S/C19H12ClN3O2S/c20-14-6-3-4-12(8-14)10-22-23-19-21-11-17(26-19)15-9-13-5-1-2-7-16(13)25-18(15)24/h1-11H,(H,21,23). The van der Waals surface area contributed by atoms with E-state index < -0.39 is 0 Å². The summed E-state index contributed by atoms with van der Waals surface area (Å²) >= 11 is 7.26. The first-order chi connectivity index (χ1) is 12.7. The molecule has 0 saturated carbocycles. The molecule has 0 aliphatic heterocycles. The topological polar surface area (TPSA) is 67.5 Å². The van der Waals surface area contributed by atoms with Gasteiger partial charge in [-0.25, -0.2) is 9.78 Å². The Balaban J connectivity index is 1.56. The van der Waals surface area contributed by atoms with Crippen molar-refractivity contribution in [2.45, 2.75) is 0 Å². The maximum atomic E-state index is 12.2. The van der Waals surface area contributed by atoms with Crippen LogP contribution in [0.25, 0.3) is 21.4 Å². The van der Waals surface area contributed by atoms with E-state index in [-0.39, 0.29) is 5.63 Å². The number of thiazole rings is 1. The predicted octanol–water partition coefficient (Wildman–Crippen LogP) is 5.02. The van der Waals surface area contributed by atoms with Crippen LogP contribution in [0.3, 0.4) is 0 Å². The fourth-order valence-electron chi connectivity index (χ4n) is 2.43. The van der Waals surface area contributed by atoms with E-state index in [0.717, 1.165) is 10.9 Å². The van der Waals surface area contributed by atoms with Gasteiger partial charge in [-0.15, -0.1) is 0 Å². The van der Waals surface area contributed by atoms with Gasteiger partial charge in [-0.3, -0.25) is 5.43 Å². The Morgan fingerprint density at radius 3 is 2.92 bits per heavy atom. The molecule has 0 amide bonds. The molecule has 2 aromatic carbocycles. The number of hydrazone groups is 1. The molecule has 0 spiro atoms. The summed E-state index contributed by atoms with van der Waals surface area (Å²) in [6.07, 6.45) is 3.28. The van der Waals surface area contributed by atoms with Gasteiger partial charge in [0.1, 0.15) is 5.58 Å². The number of aromatic nitrogens is 1. The van der Waals surface area contributed by atoms with Gasteiger partial charge in [-0.2, -0.15) is 5.10 Å². The van der Waals surface area contributed by atoms with Crippen LogP contribution in [0.5, 0.6) is 0 Å². The summed E-state index contributed by atoms with van der Waals surface area (Å²) in [4.78, 5) is 17.2. The van der Waals surface area contributed by atoms with Crippen molar-refractivity contribution in [2.75, 3.05) is 5.43 Å². The Hall–Kier alpha value is -2.96. The van der Waals surface area contributed by atoms with Crippen LogP contribution in [-0.4, -0.2) is 11.2 Å². The van der Waals surface area contributed by atoms with Crippen LogP contribution in [0.2, 0.25) is 5.02 Å². The fraction of sp³-hybridized carbons (Fsp3) is 0. The number of anilines is 1. The fourth-order valence-corrected chi connectivity index (χ4v) is 3.40. The zero-order chi connectivity index (χ0) is 17.9. The minimum atomic E-state index is -0.388. The van der Waals surface area contributed by atoms with Crippen LogP contribution in [0, 0.1) is 0 Å². The maximum Gasteiger partial charge on any atom is 0.345 e. The summed E-state index contributed by atoms with van der Waals surface area (Å²) in [5, 5.41) is 6.23. The number of para-hydroxylation sites is 1. The maximum absolute atomic E-state index is 12.2. The molecule has 7 heteroatoms. The van der Waals surface area contributed by atoms with E-state index in [1.807, 2.05) is 36.4 Å². The number of hydrogen-bond acceptors (Lipinski definition) is 6. The van der Waals surface area contributed by atoms with Crippen molar-refractivity contribution >= 4 is 45.3 Å². The number of nitrogens with one attached hydrogen (secondary N) is 1. The molecule has 0 fully saturated rings. The van der Waals surface area contributed by atoms with Gasteiger partial charge in [-0.1, -0.05) is 53.3 Å².